The third-order valence-corrected chi connectivity index (χ3v) is 13.2. The molecular formula is C43H40N7Si. The summed E-state index contributed by atoms with van der Waals surface area (Å²) in [7, 11) is 4.68. The SMILES string of the molecule is CN=C(N(C)c1ccn(-c2c(C)ccn2C)c1C)n1c2ccccc2n2c3c4ccccc4n([Si](c4ccccc4)c4ccccc4)c3c(C)c12. The van der Waals surface area contributed by atoms with Crippen molar-refractivity contribution in [1.29, 1.82) is 0 Å². The third-order valence-electron chi connectivity index (χ3n) is 10.5. The lowest BCUT2D eigenvalue weighted by Crippen LogP contribution is -2.48. The highest BCUT2D eigenvalue weighted by atomic mass is 28.3. The Morgan fingerprint density at radius 2 is 1.27 bits per heavy atom. The first-order valence-electron chi connectivity index (χ1n) is 17.4. The van der Waals surface area contributed by atoms with Crippen LogP contribution >= 0.6 is 0 Å². The number of benzene rings is 4. The summed E-state index contributed by atoms with van der Waals surface area (Å²) in [6.07, 6.45) is 4.29. The van der Waals surface area contributed by atoms with Crippen molar-refractivity contribution >= 4 is 69.6 Å². The number of aromatic nitrogens is 5. The van der Waals surface area contributed by atoms with Gasteiger partial charge in [0.1, 0.15) is 11.5 Å². The van der Waals surface area contributed by atoms with Gasteiger partial charge < -0.3 is 18.3 Å². The Morgan fingerprint density at radius 1 is 0.667 bits per heavy atom. The van der Waals surface area contributed by atoms with Crippen LogP contribution < -0.4 is 15.3 Å². The second-order valence-electron chi connectivity index (χ2n) is 13.4. The molecule has 0 saturated heterocycles. The molecule has 4 aromatic carbocycles. The van der Waals surface area contributed by atoms with Crippen molar-refractivity contribution in [3.8, 4) is 5.82 Å². The molecule has 0 aliphatic carbocycles. The number of anilines is 1. The number of imidazole rings is 1. The molecule has 0 saturated carbocycles. The molecule has 0 aliphatic heterocycles. The summed E-state index contributed by atoms with van der Waals surface area (Å²) in [5, 5.41) is 3.95. The second kappa shape index (κ2) is 11.8. The molecule has 5 heterocycles. The number of fused-ring (bicyclic) bond motifs is 7. The highest BCUT2D eigenvalue weighted by molar-refractivity contribution is 6.85. The first-order chi connectivity index (χ1) is 24.9. The van der Waals surface area contributed by atoms with E-state index in [-0.39, 0.29) is 0 Å². The number of aliphatic imine (C=N–C) groups is 1. The summed E-state index contributed by atoms with van der Waals surface area (Å²) >= 11 is 0. The van der Waals surface area contributed by atoms with E-state index in [4.69, 9.17) is 4.99 Å². The Kier molecular flexibility index (Phi) is 7.19. The standard InChI is InChI=1S/C43H40N7Si/c1-29-25-27-45(5)41(29)47-28-26-35(31(47)3)46(6)43(44-4)49-38-24-16-15-23-37(38)48-40-34-21-13-14-22-36(34)50(39(40)30(2)42(48)49)51(32-17-9-7-10-18-32)33-19-11-8-12-20-33/h7-28H,1-6H3. The molecule has 0 fully saturated rings. The normalized spacial score (nSPS) is 12.4. The molecule has 0 atom stereocenters. The fourth-order valence-corrected chi connectivity index (χ4v) is 11.1. The van der Waals surface area contributed by atoms with Gasteiger partial charge in [-0.15, -0.1) is 0 Å². The lowest BCUT2D eigenvalue weighted by Gasteiger charge is -2.23. The predicted octanol–water partition coefficient (Wildman–Crippen LogP) is 7.68. The van der Waals surface area contributed by atoms with Gasteiger partial charge in [-0.1, -0.05) is 91.0 Å². The first-order valence-corrected chi connectivity index (χ1v) is 18.9. The van der Waals surface area contributed by atoms with Gasteiger partial charge in [0, 0.05) is 55.7 Å². The molecule has 51 heavy (non-hydrogen) atoms. The van der Waals surface area contributed by atoms with Crippen molar-refractivity contribution in [2.75, 3.05) is 19.0 Å². The Hall–Kier alpha value is -5.99. The fourth-order valence-electron chi connectivity index (χ4n) is 8.28. The van der Waals surface area contributed by atoms with Gasteiger partial charge in [-0.05, 0) is 67.0 Å². The number of para-hydroxylation sites is 3. The van der Waals surface area contributed by atoms with E-state index in [1.54, 1.807) is 0 Å². The summed E-state index contributed by atoms with van der Waals surface area (Å²) < 4.78 is 12.0. The zero-order chi connectivity index (χ0) is 35.0. The topological polar surface area (TPSA) is 39.7 Å². The number of rotatable bonds is 5. The zero-order valence-corrected chi connectivity index (χ0v) is 30.8. The number of nitrogens with zero attached hydrogens (tertiary/aromatic N) is 7. The Labute approximate surface area is 299 Å². The smallest absolute Gasteiger partial charge is 0.247 e. The minimum absolute atomic E-state index is 0.862. The van der Waals surface area contributed by atoms with Gasteiger partial charge in [0.2, 0.25) is 14.9 Å². The maximum Gasteiger partial charge on any atom is 0.247 e. The molecule has 0 bridgehead atoms. The molecule has 9 rings (SSSR count). The second-order valence-corrected chi connectivity index (χ2v) is 15.7. The molecule has 8 heteroatoms. The van der Waals surface area contributed by atoms with E-state index in [9.17, 15) is 0 Å². The van der Waals surface area contributed by atoms with Gasteiger partial charge in [-0.3, -0.25) is 14.0 Å². The van der Waals surface area contributed by atoms with E-state index in [1.165, 1.54) is 49.3 Å². The number of hydrogen-bond donors (Lipinski definition) is 0. The van der Waals surface area contributed by atoms with Gasteiger partial charge in [0.15, 0.2) is 0 Å². The highest BCUT2D eigenvalue weighted by Crippen LogP contribution is 2.39. The fraction of sp³-hybridized carbons (Fsp3) is 0.140. The number of hydrogen-bond acceptors (Lipinski definition) is 1. The van der Waals surface area contributed by atoms with Gasteiger partial charge >= 0.3 is 0 Å². The summed E-state index contributed by atoms with van der Waals surface area (Å²) in [5.74, 6) is 2.03. The Morgan fingerprint density at radius 3 is 1.90 bits per heavy atom. The van der Waals surface area contributed by atoms with E-state index < -0.39 is 8.96 Å². The highest BCUT2D eigenvalue weighted by Gasteiger charge is 2.31. The third kappa shape index (κ3) is 4.46. The number of aryl methyl sites for hydroxylation is 3. The molecule has 251 valence electrons. The van der Waals surface area contributed by atoms with Crippen LogP contribution in [0.5, 0.6) is 0 Å². The van der Waals surface area contributed by atoms with Crippen molar-refractivity contribution in [1.82, 2.24) is 22.3 Å². The van der Waals surface area contributed by atoms with Crippen molar-refractivity contribution in [3.05, 3.63) is 151 Å². The molecule has 0 aliphatic rings. The average molecular weight is 683 g/mol. The van der Waals surface area contributed by atoms with E-state index in [0.29, 0.717) is 0 Å². The van der Waals surface area contributed by atoms with Crippen LogP contribution in [0.3, 0.4) is 0 Å². The molecular weight excluding hydrogens is 643 g/mol. The zero-order valence-electron chi connectivity index (χ0n) is 29.8. The van der Waals surface area contributed by atoms with Crippen LogP contribution in [0.4, 0.5) is 5.69 Å². The maximum absolute atomic E-state index is 5.04. The van der Waals surface area contributed by atoms with Gasteiger partial charge in [0.05, 0.1) is 27.8 Å². The van der Waals surface area contributed by atoms with Gasteiger partial charge in [-0.2, -0.15) is 0 Å². The van der Waals surface area contributed by atoms with Crippen LogP contribution in [-0.4, -0.2) is 51.3 Å². The molecule has 9 aromatic rings. The van der Waals surface area contributed by atoms with Crippen LogP contribution in [0.25, 0.3) is 44.4 Å². The quantitative estimate of drug-likeness (QED) is 0.104. The lowest BCUT2D eigenvalue weighted by atomic mass is 10.2. The van der Waals surface area contributed by atoms with E-state index in [2.05, 4.69) is 196 Å². The van der Waals surface area contributed by atoms with Crippen molar-refractivity contribution in [2.24, 2.45) is 12.0 Å². The van der Waals surface area contributed by atoms with E-state index in [0.717, 1.165) is 34.0 Å². The predicted molar refractivity (Wildman–Crippen MR) is 215 cm³/mol. The van der Waals surface area contributed by atoms with Gasteiger partial charge in [0.25, 0.3) is 0 Å². The summed E-state index contributed by atoms with van der Waals surface area (Å²) in [6.45, 7) is 6.65. The van der Waals surface area contributed by atoms with Crippen LogP contribution in [0.1, 0.15) is 16.8 Å². The first kappa shape index (κ1) is 31.0. The lowest BCUT2D eigenvalue weighted by molar-refractivity contribution is 0.826. The molecule has 0 N–H and O–H groups in total. The Balaban J connectivity index is 1.34. The summed E-state index contributed by atoms with van der Waals surface area (Å²) in [6, 6.07) is 44.2. The van der Waals surface area contributed by atoms with Crippen molar-refractivity contribution in [2.45, 2.75) is 20.8 Å². The van der Waals surface area contributed by atoms with Crippen molar-refractivity contribution < 1.29 is 0 Å². The van der Waals surface area contributed by atoms with Gasteiger partial charge in [-0.25, -0.2) is 0 Å². The van der Waals surface area contributed by atoms with Crippen LogP contribution in [0.15, 0.2) is 139 Å². The molecule has 7 nitrogen and oxygen atoms in total. The van der Waals surface area contributed by atoms with Crippen molar-refractivity contribution in [3.63, 3.8) is 0 Å². The van der Waals surface area contributed by atoms with Crippen LogP contribution in [-0.2, 0) is 7.05 Å². The van der Waals surface area contributed by atoms with Crippen LogP contribution in [0, 0.1) is 20.8 Å². The van der Waals surface area contributed by atoms with E-state index >= 15 is 0 Å². The van der Waals surface area contributed by atoms with Crippen LogP contribution in [0.2, 0.25) is 0 Å². The summed E-state index contributed by atoms with van der Waals surface area (Å²) in [5.41, 5.74) is 11.9. The average Bonchev–Trinajstić information content (AvgIpc) is 3.94. The molecule has 1 radical (unpaired) electrons. The minimum Gasteiger partial charge on any atom is -0.357 e. The molecule has 0 unspecified atom stereocenters. The molecule has 5 aromatic heterocycles. The maximum atomic E-state index is 5.04. The monoisotopic (exact) mass is 682 g/mol. The minimum atomic E-state index is -1.46. The summed E-state index contributed by atoms with van der Waals surface area (Å²) in [4.78, 5) is 7.28. The Bertz CT molecular complexity index is 2710. The molecule has 0 amide bonds. The van der Waals surface area contributed by atoms with E-state index in [1.807, 2.05) is 7.05 Å². The largest absolute Gasteiger partial charge is 0.357 e. The molecule has 0 spiro atoms.